The van der Waals surface area contributed by atoms with Crippen LogP contribution in [0.1, 0.15) is 36.8 Å². The topological polar surface area (TPSA) is 49.9 Å². The minimum absolute atomic E-state index is 0.554. The van der Waals surface area contributed by atoms with Gasteiger partial charge in [0.05, 0.1) is 19.3 Å². The van der Waals surface area contributed by atoms with Gasteiger partial charge in [-0.25, -0.2) is 4.98 Å². The number of nitrogens with one attached hydrogen (secondary N) is 2. The maximum absolute atomic E-state index is 6.17. The molecule has 0 aliphatic rings. The second-order valence-corrected chi connectivity index (χ2v) is 5.45. The molecule has 0 aliphatic heterocycles. The van der Waals surface area contributed by atoms with E-state index in [9.17, 15) is 0 Å². The van der Waals surface area contributed by atoms with Crippen molar-refractivity contribution in [2.75, 3.05) is 12.4 Å². The fourth-order valence-corrected chi connectivity index (χ4v) is 2.41. The van der Waals surface area contributed by atoms with Gasteiger partial charge >= 0.3 is 0 Å². The van der Waals surface area contributed by atoms with Crippen LogP contribution in [-0.2, 0) is 13.0 Å². The molecule has 5 heteroatoms. The molecule has 0 saturated heterocycles. The summed E-state index contributed by atoms with van der Waals surface area (Å²) >= 11 is 6.17. The lowest BCUT2D eigenvalue weighted by atomic mass is 10.2. The molecule has 21 heavy (non-hydrogen) atoms. The fraction of sp³-hybridized carbons (Fsp3) is 0.438. The molecule has 0 bridgehead atoms. The molecule has 2 aromatic rings. The van der Waals surface area contributed by atoms with Crippen LogP contribution >= 0.6 is 11.6 Å². The number of unbranched alkanes of at least 4 members (excludes halogenated alkanes) is 1. The second-order valence-electron chi connectivity index (χ2n) is 5.09. The molecule has 0 radical (unpaired) electrons. The van der Waals surface area contributed by atoms with Gasteiger partial charge in [0.25, 0.3) is 0 Å². The molecule has 0 spiro atoms. The maximum Gasteiger partial charge on any atom is 0.152 e. The van der Waals surface area contributed by atoms with Gasteiger partial charge in [-0.15, -0.1) is 0 Å². The van der Waals surface area contributed by atoms with E-state index in [1.54, 1.807) is 7.11 Å². The first-order valence-electron chi connectivity index (χ1n) is 7.25. The molecular weight excluding hydrogens is 286 g/mol. The Bertz CT molecular complexity index is 595. The van der Waals surface area contributed by atoms with E-state index in [0.717, 1.165) is 47.8 Å². The van der Waals surface area contributed by atoms with Gasteiger partial charge < -0.3 is 15.0 Å². The van der Waals surface area contributed by atoms with Crippen molar-refractivity contribution < 1.29 is 4.74 Å². The summed E-state index contributed by atoms with van der Waals surface area (Å²) in [5.74, 6) is 1.85. The van der Waals surface area contributed by atoms with E-state index in [2.05, 4.69) is 28.3 Å². The Morgan fingerprint density at radius 3 is 2.86 bits per heavy atom. The highest BCUT2D eigenvalue weighted by Gasteiger charge is 2.08. The average Bonchev–Trinajstić information content (AvgIpc) is 2.83. The minimum atomic E-state index is 0.554. The predicted octanol–water partition coefficient (Wildman–Crippen LogP) is 4.33. The second kappa shape index (κ2) is 7.36. The Kier molecular flexibility index (Phi) is 5.51. The molecule has 0 amide bonds. The predicted molar refractivity (Wildman–Crippen MR) is 87.3 cm³/mol. The first kappa shape index (κ1) is 15.7. The maximum atomic E-state index is 6.17. The van der Waals surface area contributed by atoms with Gasteiger partial charge in [0.15, 0.2) is 5.15 Å². The Morgan fingerprint density at radius 2 is 2.19 bits per heavy atom. The van der Waals surface area contributed by atoms with Gasteiger partial charge in [-0.1, -0.05) is 24.9 Å². The monoisotopic (exact) mass is 307 g/mol. The number of aryl methyl sites for hydroxylation is 2. The summed E-state index contributed by atoms with van der Waals surface area (Å²) in [6.07, 6.45) is 3.21. The van der Waals surface area contributed by atoms with Crippen molar-refractivity contribution in [1.29, 1.82) is 0 Å². The van der Waals surface area contributed by atoms with Crippen molar-refractivity contribution in [3.8, 4) is 5.75 Å². The number of rotatable bonds is 7. The van der Waals surface area contributed by atoms with Crippen LogP contribution in [0.3, 0.4) is 0 Å². The number of benzene rings is 1. The molecule has 0 fully saturated rings. The Morgan fingerprint density at radius 1 is 1.38 bits per heavy atom. The molecule has 1 heterocycles. The number of H-pyrrole nitrogens is 1. The van der Waals surface area contributed by atoms with E-state index >= 15 is 0 Å². The van der Waals surface area contributed by atoms with Gasteiger partial charge in [-0.3, -0.25) is 0 Å². The fourth-order valence-electron chi connectivity index (χ4n) is 2.20. The largest absolute Gasteiger partial charge is 0.496 e. The van der Waals surface area contributed by atoms with Gasteiger partial charge in [-0.05, 0) is 37.1 Å². The number of halogens is 1. The zero-order valence-corrected chi connectivity index (χ0v) is 13.5. The summed E-state index contributed by atoms with van der Waals surface area (Å²) in [6.45, 7) is 4.82. The molecule has 0 atom stereocenters. The summed E-state index contributed by atoms with van der Waals surface area (Å²) in [7, 11) is 1.68. The highest BCUT2D eigenvalue weighted by atomic mass is 35.5. The molecule has 1 aromatic carbocycles. The third-order valence-electron chi connectivity index (χ3n) is 3.41. The first-order valence-corrected chi connectivity index (χ1v) is 7.63. The van der Waals surface area contributed by atoms with Crippen molar-refractivity contribution in [1.82, 2.24) is 9.97 Å². The Hall–Kier alpha value is -1.68. The van der Waals surface area contributed by atoms with E-state index in [4.69, 9.17) is 16.3 Å². The van der Waals surface area contributed by atoms with Crippen LogP contribution in [0.5, 0.6) is 5.75 Å². The summed E-state index contributed by atoms with van der Waals surface area (Å²) in [6, 6.07) is 6.01. The van der Waals surface area contributed by atoms with Crippen LogP contribution in [0, 0.1) is 6.92 Å². The van der Waals surface area contributed by atoms with Crippen molar-refractivity contribution in [3.05, 3.63) is 40.4 Å². The summed E-state index contributed by atoms with van der Waals surface area (Å²) in [5, 5.41) is 3.91. The highest BCUT2D eigenvalue weighted by molar-refractivity contribution is 6.30. The van der Waals surface area contributed by atoms with E-state index in [0.29, 0.717) is 11.7 Å². The van der Waals surface area contributed by atoms with Crippen LogP contribution < -0.4 is 10.1 Å². The zero-order chi connectivity index (χ0) is 15.2. The molecule has 4 nitrogen and oxygen atoms in total. The van der Waals surface area contributed by atoms with Crippen LogP contribution in [0.15, 0.2) is 18.2 Å². The lowest BCUT2D eigenvalue weighted by molar-refractivity contribution is 0.412. The summed E-state index contributed by atoms with van der Waals surface area (Å²) in [5.41, 5.74) is 3.06. The lowest BCUT2D eigenvalue weighted by Crippen LogP contribution is -2.01. The van der Waals surface area contributed by atoms with Crippen molar-refractivity contribution in [2.45, 2.75) is 39.7 Å². The van der Waals surface area contributed by atoms with Gasteiger partial charge in [0, 0.05) is 12.1 Å². The molecule has 2 rings (SSSR count). The number of imidazole rings is 1. The third-order valence-corrected chi connectivity index (χ3v) is 3.72. The average molecular weight is 308 g/mol. The molecule has 0 saturated carbocycles. The molecular formula is C16H22ClN3O. The van der Waals surface area contributed by atoms with Gasteiger partial charge in [-0.2, -0.15) is 0 Å². The van der Waals surface area contributed by atoms with Gasteiger partial charge in [0.1, 0.15) is 11.6 Å². The van der Waals surface area contributed by atoms with E-state index in [-0.39, 0.29) is 0 Å². The number of aromatic amines is 1. The van der Waals surface area contributed by atoms with Crippen molar-refractivity contribution in [3.63, 3.8) is 0 Å². The number of ether oxygens (including phenoxy) is 1. The number of aromatic nitrogens is 2. The number of hydrogen-bond donors (Lipinski definition) is 2. The summed E-state index contributed by atoms with van der Waals surface area (Å²) < 4.78 is 5.26. The third kappa shape index (κ3) is 4.14. The standard InChI is InChI=1S/C16H22ClN3O/c1-4-5-6-15-19-13(16(17)20-15)10-18-12-7-8-14(21-3)11(2)9-12/h7-9,18H,4-6,10H2,1-3H3,(H,19,20). The lowest BCUT2D eigenvalue weighted by Gasteiger charge is -2.09. The molecule has 1 aromatic heterocycles. The minimum Gasteiger partial charge on any atom is -0.496 e. The zero-order valence-electron chi connectivity index (χ0n) is 12.8. The molecule has 0 aliphatic carbocycles. The summed E-state index contributed by atoms with van der Waals surface area (Å²) in [4.78, 5) is 7.65. The van der Waals surface area contributed by atoms with Crippen LogP contribution in [0.2, 0.25) is 5.15 Å². The first-order chi connectivity index (χ1) is 10.1. The van der Waals surface area contributed by atoms with Gasteiger partial charge in [0.2, 0.25) is 0 Å². The normalized spacial score (nSPS) is 10.7. The SMILES string of the molecule is CCCCc1nc(Cl)c(CNc2ccc(OC)c(C)c2)[nH]1. The van der Waals surface area contributed by atoms with Crippen molar-refractivity contribution >= 4 is 17.3 Å². The van der Waals surface area contributed by atoms with E-state index in [1.165, 1.54) is 0 Å². The molecule has 2 N–H and O–H groups in total. The van der Waals surface area contributed by atoms with E-state index in [1.807, 2.05) is 19.1 Å². The number of anilines is 1. The smallest absolute Gasteiger partial charge is 0.152 e. The van der Waals surface area contributed by atoms with Crippen molar-refractivity contribution in [2.24, 2.45) is 0 Å². The number of methoxy groups -OCH3 is 1. The Labute approximate surface area is 130 Å². The highest BCUT2D eigenvalue weighted by Crippen LogP contribution is 2.22. The molecule has 114 valence electrons. The Balaban J connectivity index is 1.99. The number of nitrogens with zero attached hydrogens (tertiary/aromatic N) is 1. The van der Waals surface area contributed by atoms with E-state index < -0.39 is 0 Å². The quantitative estimate of drug-likeness (QED) is 0.800. The van der Waals surface area contributed by atoms with Crippen LogP contribution in [-0.4, -0.2) is 17.1 Å². The number of hydrogen-bond acceptors (Lipinski definition) is 3. The van der Waals surface area contributed by atoms with Crippen LogP contribution in [0.25, 0.3) is 0 Å². The van der Waals surface area contributed by atoms with Crippen LogP contribution in [0.4, 0.5) is 5.69 Å². The molecule has 0 unspecified atom stereocenters.